The zero-order valence-corrected chi connectivity index (χ0v) is 14.8. The lowest BCUT2D eigenvalue weighted by Crippen LogP contribution is -2.07. The third-order valence-electron chi connectivity index (χ3n) is 5.18. The Morgan fingerprint density at radius 1 is 1.04 bits per heavy atom. The summed E-state index contributed by atoms with van der Waals surface area (Å²) in [4.78, 5) is 0. The summed E-state index contributed by atoms with van der Waals surface area (Å²) in [5.74, 6) is 0.793. The van der Waals surface area contributed by atoms with Crippen LogP contribution in [0.15, 0.2) is 49.6 Å². The largest absolute Gasteiger partial charge is 0.0952 e. The van der Waals surface area contributed by atoms with Crippen LogP contribution in [0.3, 0.4) is 0 Å². The van der Waals surface area contributed by atoms with E-state index in [9.17, 15) is 0 Å². The van der Waals surface area contributed by atoms with Crippen molar-refractivity contribution in [1.82, 2.24) is 0 Å². The molecule has 2 aromatic rings. The first-order chi connectivity index (χ1) is 11.5. The lowest BCUT2D eigenvalue weighted by molar-refractivity contribution is 0.358. The lowest BCUT2D eigenvalue weighted by atomic mass is 9.82. The van der Waals surface area contributed by atoms with E-state index in [2.05, 4.69) is 56.1 Å². The van der Waals surface area contributed by atoms with E-state index in [0.717, 1.165) is 45.4 Å². The van der Waals surface area contributed by atoms with Crippen LogP contribution in [-0.2, 0) is 0 Å². The second-order valence-electron chi connectivity index (χ2n) is 7.18. The Bertz CT molecular complexity index is 785. The van der Waals surface area contributed by atoms with Crippen molar-refractivity contribution in [3.63, 3.8) is 0 Å². The molecule has 24 heavy (non-hydrogen) atoms. The topological polar surface area (TPSA) is 0 Å². The summed E-state index contributed by atoms with van der Waals surface area (Å²) in [6.07, 6.45) is 7.91. The fourth-order valence-corrected chi connectivity index (χ4v) is 3.61. The van der Waals surface area contributed by atoms with Gasteiger partial charge in [-0.1, -0.05) is 70.0 Å². The zero-order chi connectivity index (χ0) is 17.1. The van der Waals surface area contributed by atoms with Crippen LogP contribution in [0.4, 0.5) is 0 Å². The van der Waals surface area contributed by atoms with Gasteiger partial charge in [0.25, 0.3) is 0 Å². The van der Waals surface area contributed by atoms with Crippen LogP contribution in [0, 0.1) is 18.1 Å². The molecule has 0 radical (unpaired) electrons. The molecule has 0 saturated heterocycles. The van der Waals surface area contributed by atoms with Crippen molar-refractivity contribution in [2.75, 3.05) is 0 Å². The van der Waals surface area contributed by atoms with Gasteiger partial charge in [-0.25, -0.2) is 0 Å². The third kappa shape index (κ3) is 3.62. The van der Waals surface area contributed by atoms with Crippen LogP contribution < -0.4 is 0 Å². The molecular formula is C24H26. The number of hydrogen-bond donors (Lipinski definition) is 0. The maximum Gasteiger partial charge on any atom is 0.0322 e. The molecule has 1 aliphatic carbocycles. The second-order valence-corrected chi connectivity index (χ2v) is 7.18. The molecule has 0 aromatic heterocycles. The Labute approximate surface area is 146 Å². The molecule has 0 heterocycles. The van der Waals surface area contributed by atoms with E-state index in [0.29, 0.717) is 0 Å². The first-order valence-electron chi connectivity index (χ1n) is 8.95. The molecule has 0 amide bonds. The number of hydrogen-bond acceptors (Lipinski definition) is 0. The molecule has 1 fully saturated rings. The van der Waals surface area contributed by atoms with Crippen molar-refractivity contribution in [1.29, 1.82) is 0 Å². The van der Waals surface area contributed by atoms with Gasteiger partial charge in [-0.2, -0.15) is 0 Å². The number of allylic oxidation sites excluding steroid dienone is 3. The van der Waals surface area contributed by atoms with Gasteiger partial charge in [-0.15, -0.1) is 0 Å². The van der Waals surface area contributed by atoms with Crippen molar-refractivity contribution < 1.29 is 0 Å². The van der Waals surface area contributed by atoms with E-state index >= 15 is 0 Å². The minimum absolute atomic E-state index is 0.793. The van der Waals surface area contributed by atoms with Crippen LogP contribution in [0.25, 0.3) is 21.9 Å². The minimum atomic E-state index is 0.793. The Balaban J connectivity index is 1.80. The highest BCUT2D eigenvalue weighted by Gasteiger charge is 2.16. The lowest BCUT2D eigenvalue weighted by Gasteiger charge is -2.23. The van der Waals surface area contributed by atoms with Gasteiger partial charge < -0.3 is 0 Å². The summed E-state index contributed by atoms with van der Waals surface area (Å²) in [6, 6.07) is 15.0. The fourth-order valence-electron chi connectivity index (χ4n) is 3.61. The maximum absolute atomic E-state index is 4.32. The summed E-state index contributed by atoms with van der Waals surface area (Å²) >= 11 is 0. The Hall–Kier alpha value is -2.26. The summed E-state index contributed by atoms with van der Waals surface area (Å²) < 4.78 is 0. The first kappa shape index (κ1) is 16.6. The molecule has 0 bridgehead atoms. The van der Waals surface area contributed by atoms with E-state index in [-0.39, 0.29) is 0 Å². The Kier molecular flexibility index (Phi) is 4.91. The molecule has 0 nitrogen and oxygen atoms in total. The Morgan fingerprint density at radius 3 is 2.50 bits per heavy atom. The molecule has 122 valence electrons. The summed E-state index contributed by atoms with van der Waals surface area (Å²) in [5, 5.41) is 2.24. The van der Waals surface area contributed by atoms with Gasteiger partial charge in [-0.05, 0) is 65.1 Å². The smallest absolute Gasteiger partial charge is 0.0322 e. The molecular weight excluding hydrogens is 288 g/mol. The summed E-state index contributed by atoms with van der Waals surface area (Å²) in [5.41, 5.74) is 5.46. The standard InChI is InChI=1S/C24H26/c1-17(2)22-12-10-21-11-13-23(16-24(21)15-22)19(4)18(3)14-20-8-6-5-7-9-20/h11,13,15-16,20H,1,3-9,14H2,2H3. The maximum atomic E-state index is 4.32. The van der Waals surface area contributed by atoms with E-state index in [1.807, 2.05) is 6.92 Å². The summed E-state index contributed by atoms with van der Waals surface area (Å²) in [6.45, 7) is 14.6. The van der Waals surface area contributed by atoms with Gasteiger partial charge in [0.05, 0.1) is 0 Å². The van der Waals surface area contributed by atoms with Crippen molar-refractivity contribution in [3.05, 3.63) is 72.8 Å². The van der Waals surface area contributed by atoms with Gasteiger partial charge in [0, 0.05) is 10.9 Å². The van der Waals surface area contributed by atoms with Crippen LogP contribution in [-0.4, -0.2) is 0 Å². The molecule has 0 atom stereocenters. The van der Waals surface area contributed by atoms with Gasteiger partial charge in [-0.3, -0.25) is 0 Å². The van der Waals surface area contributed by atoms with Crippen molar-refractivity contribution in [2.24, 2.45) is 5.92 Å². The first-order valence-corrected chi connectivity index (χ1v) is 8.95. The predicted octanol–water partition coefficient (Wildman–Crippen LogP) is 7.01. The van der Waals surface area contributed by atoms with E-state index < -0.39 is 0 Å². The van der Waals surface area contributed by atoms with E-state index in [4.69, 9.17) is 0 Å². The van der Waals surface area contributed by atoms with E-state index in [1.165, 1.54) is 37.7 Å². The molecule has 0 N–H and O–H groups in total. The Morgan fingerprint density at radius 2 is 1.79 bits per heavy atom. The molecule has 0 heteroatoms. The highest BCUT2D eigenvalue weighted by Crippen LogP contribution is 2.33. The van der Waals surface area contributed by atoms with Crippen LogP contribution >= 0.6 is 0 Å². The quantitative estimate of drug-likeness (QED) is 0.520. The molecule has 2 aromatic carbocycles. The molecule has 1 saturated carbocycles. The monoisotopic (exact) mass is 314 g/mol. The van der Waals surface area contributed by atoms with Crippen molar-refractivity contribution in [2.45, 2.75) is 45.4 Å². The zero-order valence-electron chi connectivity index (χ0n) is 14.8. The molecule has 0 aliphatic heterocycles. The fraction of sp³-hybridized carbons (Fsp3) is 0.333. The number of fused-ring (bicyclic) bond motifs is 1. The van der Waals surface area contributed by atoms with Crippen molar-refractivity contribution in [3.8, 4) is 0 Å². The SMILES string of the molecule is C=C(CC1CCCCC1)C(=C)c1ccc2c#cc(C(=C)C)cc2c1. The average Bonchev–Trinajstić information content (AvgIpc) is 2.60. The molecule has 0 unspecified atom stereocenters. The minimum Gasteiger partial charge on any atom is -0.0952 e. The second kappa shape index (κ2) is 7.10. The predicted molar refractivity (Wildman–Crippen MR) is 106 cm³/mol. The van der Waals surface area contributed by atoms with Gasteiger partial charge in [0.1, 0.15) is 0 Å². The number of benzene rings is 1. The molecule has 0 spiro atoms. The van der Waals surface area contributed by atoms with Crippen molar-refractivity contribution >= 4 is 21.9 Å². The molecule has 3 rings (SSSR count). The normalized spacial score (nSPS) is 15.0. The van der Waals surface area contributed by atoms with Gasteiger partial charge in [0.2, 0.25) is 0 Å². The van der Waals surface area contributed by atoms with E-state index in [1.54, 1.807) is 0 Å². The highest BCUT2D eigenvalue weighted by molar-refractivity contribution is 5.89. The average molecular weight is 314 g/mol. The highest BCUT2D eigenvalue weighted by atomic mass is 14.2. The van der Waals surface area contributed by atoms with Crippen LogP contribution in [0.1, 0.15) is 56.6 Å². The summed E-state index contributed by atoms with van der Waals surface area (Å²) in [7, 11) is 0. The van der Waals surface area contributed by atoms with Gasteiger partial charge >= 0.3 is 0 Å². The third-order valence-corrected chi connectivity index (χ3v) is 5.18. The van der Waals surface area contributed by atoms with Gasteiger partial charge in [0.15, 0.2) is 0 Å². The number of rotatable bonds is 5. The van der Waals surface area contributed by atoms with Crippen LogP contribution in [0.2, 0.25) is 0 Å². The molecule has 1 aliphatic rings. The van der Waals surface area contributed by atoms with Crippen LogP contribution in [0.5, 0.6) is 0 Å².